The van der Waals surface area contributed by atoms with E-state index >= 15 is 0 Å². The molecule has 0 unspecified atom stereocenters. The molecule has 2 aromatic carbocycles. The number of nitrogens with one attached hydrogen (secondary N) is 2. The van der Waals surface area contributed by atoms with Crippen LogP contribution in [-0.4, -0.2) is 83.3 Å². The molecule has 3 rings (SSSR count). The number of hydrogen-bond acceptors (Lipinski definition) is 7. The maximum atomic E-state index is 13.0. The molecule has 1 aliphatic rings. The molecule has 11 heteroatoms. The summed E-state index contributed by atoms with van der Waals surface area (Å²) in [5, 5.41) is 12.2. The fourth-order valence-electron chi connectivity index (χ4n) is 3.71. The number of rotatable bonds is 10. The number of aromatic carboxylic acids is 1. The van der Waals surface area contributed by atoms with Gasteiger partial charge < -0.3 is 20.1 Å². The van der Waals surface area contributed by atoms with Crippen LogP contribution in [0.25, 0.3) is 0 Å². The van der Waals surface area contributed by atoms with Crippen LogP contribution >= 0.6 is 0 Å². The van der Waals surface area contributed by atoms with E-state index < -0.39 is 16.0 Å². The van der Waals surface area contributed by atoms with E-state index in [0.717, 1.165) is 5.56 Å². The van der Waals surface area contributed by atoms with Crippen LogP contribution in [0.15, 0.2) is 47.4 Å². The van der Waals surface area contributed by atoms with Gasteiger partial charge in [-0.1, -0.05) is 12.1 Å². The summed E-state index contributed by atoms with van der Waals surface area (Å²) in [5.41, 5.74) is 1.57. The number of hydrogen-bond donors (Lipinski definition) is 3. The van der Waals surface area contributed by atoms with E-state index in [4.69, 9.17) is 4.74 Å². The van der Waals surface area contributed by atoms with Gasteiger partial charge in [0.25, 0.3) is 10.0 Å². The Kier molecular flexibility index (Phi) is 8.48. The molecular weight excluding hydrogens is 460 g/mol. The zero-order valence-corrected chi connectivity index (χ0v) is 20.1. The van der Waals surface area contributed by atoms with Crippen molar-refractivity contribution in [2.75, 3.05) is 62.6 Å². The minimum Gasteiger partial charge on any atom is -0.478 e. The maximum absolute atomic E-state index is 13.0. The van der Waals surface area contributed by atoms with Crippen LogP contribution < -0.4 is 14.9 Å². The Bertz CT molecular complexity index is 1130. The Hall–Kier alpha value is -3.15. The van der Waals surface area contributed by atoms with Gasteiger partial charge in [-0.25, -0.2) is 13.2 Å². The Morgan fingerprint density at radius 1 is 1.09 bits per heavy atom. The summed E-state index contributed by atoms with van der Waals surface area (Å²) < 4.78 is 33.5. The maximum Gasteiger partial charge on any atom is 0.335 e. The SMILES string of the molecule is COCCNC(=O)CN1CCN(c2ccc(C(=O)O)cc2NS(=O)(=O)c2cccc(C)c2)CC1. The first kappa shape index (κ1) is 25.5. The third-order valence-electron chi connectivity index (χ3n) is 5.50. The molecule has 0 aliphatic carbocycles. The molecule has 10 nitrogen and oxygen atoms in total. The summed E-state index contributed by atoms with van der Waals surface area (Å²) >= 11 is 0. The second-order valence-corrected chi connectivity index (χ2v) is 9.75. The lowest BCUT2D eigenvalue weighted by molar-refractivity contribution is -0.122. The smallest absolute Gasteiger partial charge is 0.335 e. The van der Waals surface area contributed by atoms with Gasteiger partial charge in [0.1, 0.15) is 0 Å². The van der Waals surface area contributed by atoms with Crippen molar-refractivity contribution in [1.29, 1.82) is 0 Å². The third kappa shape index (κ3) is 6.69. The van der Waals surface area contributed by atoms with Crippen LogP contribution in [0, 0.1) is 6.92 Å². The predicted octanol–water partition coefficient (Wildman–Crippen LogP) is 1.38. The van der Waals surface area contributed by atoms with Crippen molar-refractivity contribution in [1.82, 2.24) is 10.2 Å². The molecule has 0 bridgehead atoms. The Balaban J connectivity index is 1.75. The minimum atomic E-state index is -3.92. The van der Waals surface area contributed by atoms with Crippen molar-refractivity contribution in [3.63, 3.8) is 0 Å². The van der Waals surface area contributed by atoms with E-state index in [9.17, 15) is 23.1 Å². The van der Waals surface area contributed by atoms with E-state index in [2.05, 4.69) is 10.0 Å². The predicted molar refractivity (Wildman–Crippen MR) is 129 cm³/mol. The molecule has 1 aliphatic heterocycles. The number of benzene rings is 2. The molecule has 0 radical (unpaired) electrons. The summed E-state index contributed by atoms with van der Waals surface area (Å²) in [6, 6.07) is 10.9. The van der Waals surface area contributed by atoms with Gasteiger partial charge in [-0.2, -0.15) is 0 Å². The number of aryl methyl sites for hydroxylation is 1. The Labute approximate surface area is 199 Å². The van der Waals surface area contributed by atoms with Crippen molar-refractivity contribution < 1.29 is 27.9 Å². The largest absolute Gasteiger partial charge is 0.478 e. The number of carboxylic acid groups (broad SMARTS) is 1. The average molecular weight is 491 g/mol. The zero-order chi connectivity index (χ0) is 24.7. The molecule has 1 fully saturated rings. The normalized spacial score (nSPS) is 14.6. The van der Waals surface area contributed by atoms with Crippen LogP contribution in [0.3, 0.4) is 0 Å². The number of carbonyl (C=O) groups excluding carboxylic acids is 1. The van der Waals surface area contributed by atoms with Crippen LogP contribution in [0.4, 0.5) is 11.4 Å². The number of amides is 1. The highest BCUT2D eigenvalue weighted by Crippen LogP contribution is 2.30. The molecule has 1 heterocycles. The van der Waals surface area contributed by atoms with Crippen LogP contribution in [0.2, 0.25) is 0 Å². The Morgan fingerprint density at radius 3 is 2.47 bits per heavy atom. The number of nitrogens with zero attached hydrogens (tertiary/aromatic N) is 2. The molecule has 0 saturated carbocycles. The van der Waals surface area contributed by atoms with E-state index in [1.54, 1.807) is 38.3 Å². The molecule has 1 amide bonds. The van der Waals surface area contributed by atoms with E-state index in [0.29, 0.717) is 45.0 Å². The fourth-order valence-corrected chi connectivity index (χ4v) is 4.88. The second kappa shape index (κ2) is 11.3. The second-order valence-electron chi connectivity index (χ2n) is 8.07. The van der Waals surface area contributed by atoms with E-state index in [1.807, 2.05) is 9.80 Å². The number of carbonyl (C=O) groups is 2. The van der Waals surface area contributed by atoms with Crippen molar-refractivity contribution >= 4 is 33.3 Å². The van der Waals surface area contributed by atoms with Gasteiger partial charge in [0.2, 0.25) is 5.91 Å². The molecule has 1 saturated heterocycles. The number of ether oxygens (including phenoxy) is 1. The Morgan fingerprint density at radius 2 is 1.82 bits per heavy atom. The van der Waals surface area contributed by atoms with Gasteiger partial charge in [-0.3, -0.25) is 14.4 Å². The number of methoxy groups -OCH3 is 1. The van der Waals surface area contributed by atoms with Crippen molar-refractivity contribution in [3.8, 4) is 0 Å². The highest BCUT2D eigenvalue weighted by Gasteiger charge is 2.24. The molecule has 0 aromatic heterocycles. The van der Waals surface area contributed by atoms with E-state index in [-0.39, 0.29) is 28.6 Å². The molecule has 34 heavy (non-hydrogen) atoms. The highest BCUT2D eigenvalue weighted by molar-refractivity contribution is 7.92. The highest BCUT2D eigenvalue weighted by atomic mass is 32.2. The first-order valence-corrected chi connectivity index (χ1v) is 12.4. The standard InChI is InChI=1S/C23H30N4O6S/c1-17-4-3-5-19(14-17)34(31,32)25-20-15-18(23(29)30)6-7-21(20)27-11-9-26(10-12-27)16-22(28)24-8-13-33-2/h3-7,14-15,25H,8-13,16H2,1-2H3,(H,24,28)(H,29,30). The summed E-state index contributed by atoms with van der Waals surface area (Å²) in [6.07, 6.45) is 0. The number of sulfonamides is 1. The molecule has 0 spiro atoms. The van der Waals surface area contributed by atoms with E-state index in [1.165, 1.54) is 18.2 Å². The third-order valence-corrected chi connectivity index (χ3v) is 6.86. The molecule has 0 atom stereocenters. The molecule has 3 N–H and O–H groups in total. The van der Waals surface area contributed by atoms with Crippen LogP contribution in [0.1, 0.15) is 15.9 Å². The van der Waals surface area contributed by atoms with Gasteiger partial charge >= 0.3 is 5.97 Å². The summed E-state index contributed by atoms with van der Waals surface area (Å²) in [4.78, 5) is 27.7. The summed E-state index contributed by atoms with van der Waals surface area (Å²) in [7, 11) is -2.35. The lowest BCUT2D eigenvalue weighted by Crippen LogP contribution is -2.49. The fraction of sp³-hybridized carbons (Fsp3) is 0.391. The quantitative estimate of drug-likeness (QED) is 0.426. The van der Waals surface area contributed by atoms with Crippen LogP contribution in [-0.2, 0) is 19.6 Å². The van der Waals surface area contributed by atoms with Gasteiger partial charge in [0.05, 0.1) is 35.0 Å². The van der Waals surface area contributed by atoms with Gasteiger partial charge in [0.15, 0.2) is 0 Å². The van der Waals surface area contributed by atoms with Crippen LogP contribution in [0.5, 0.6) is 0 Å². The van der Waals surface area contributed by atoms with Gasteiger partial charge in [0, 0.05) is 39.8 Å². The van der Waals surface area contributed by atoms with Crippen molar-refractivity contribution in [2.45, 2.75) is 11.8 Å². The number of carboxylic acids is 1. The topological polar surface area (TPSA) is 128 Å². The summed E-state index contributed by atoms with van der Waals surface area (Å²) in [5.74, 6) is -1.23. The monoisotopic (exact) mass is 490 g/mol. The lowest BCUT2D eigenvalue weighted by Gasteiger charge is -2.36. The van der Waals surface area contributed by atoms with Crippen molar-refractivity contribution in [3.05, 3.63) is 53.6 Å². The molecular formula is C23H30N4O6S. The van der Waals surface area contributed by atoms with Gasteiger partial charge in [-0.05, 0) is 42.8 Å². The van der Waals surface area contributed by atoms with Crippen molar-refractivity contribution in [2.24, 2.45) is 0 Å². The zero-order valence-electron chi connectivity index (χ0n) is 19.3. The molecule has 2 aromatic rings. The first-order chi connectivity index (χ1) is 16.2. The average Bonchev–Trinajstić information content (AvgIpc) is 2.79. The first-order valence-electron chi connectivity index (χ1n) is 10.9. The molecule has 184 valence electrons. The number of anilines is 2. The number of piperazine rings is 1. The van der Waals surface area contributed by atoms with Gasteiger partial charge in [-0.15, -0.1) is 0 Å². The minimum absolute atomic E-state index is 0.0166. The summed E-state index contributed by atoms with van der Waals surface area (Å²) in [6.45, 7) is 5.27. The lowest BCUT2D eigenvalue weighted by atomic mass is 10.1.